The van der Waals surface area contributed by atoms with Gasteiger partial charge in [-0.25, -0.2) is 4.39 Å². The van der Waals surface area contributed by atoms with E-state index in [9.17, 15) is 9.18 Å². The standard InChI is InChI=1S/C15H17FN2O3/c1-10(6-7-19)9-17-15(20)13-8-14(21-18-13)11-4-2-3-5-12(11)16/h2-5,8,10,19H,6-7,9H2,1H3,(H,17,20). The van der Waals surface area contributed by atoms with Crippen LogP contribution in [-0.4, -0.2) is 29.3 Å². The maximum absolute atomic E-state index is 13.6. The summed E-state index contributed by atoms with van der Waals surface area (Å²) in [5.41, 5.74) is 0.363. The second kappa shape index (κ2) is 6.99. The number of hydrogen-bond acceptors (Lipinski definition) is 4. The molecule has 0 aliphatic heterocycles. The molecule has 112 valence electrons. The third-order valence-electron chi connectivity index (χ3n) is 3.12. The third-order valence-corrected chi connectivity index (χ3v) is 3.12. The van der Waals surface area contributed by atoms with Crippen molar-refractivity contribution in [3.05, 3.63) is 41.8 Å². The average Bonchev–Trinajstić information content (AvgIpc) is 2.95. The zero-order valence-corrected chi connectivity index (χ0v) is 11.7. The lowest BCUT2D eigenvalue weighted by Gasteiger charge is -2.09. The van der Waals surface area contributed by atoms with Crippen molar-refractivity contribution >= 4 is 5.91 Å². The number of aliphatic hydroxyl groups is 1. The molecular weight excluding hydrogens is 275 g/mol. The number of benzene rings is 1. The highest BCUT2D eigenvalue weighted by atomic mass is 19.1. The molecule has 0 fully saturated rings. The van der Waals surface area contributed by atoms with Crippen LogP contribution in [0.15, 0.2) is 34.9 Å². The van der Waals surface area contributed by atoms with Crippen LogP contribution in [0.5, 0.6) is 0 Å². The van der Waals surface area contributed by atoms with Crippen molar-refractivity contribution in [2.75, 3.05) is 13.2 Å². The quantitative estimate of drug-likeness (QED) is 0.856. The van der Waals surface area contributed by atoms with Crippen molar-refractivity contribution < 1.29 is 18.8 Å². The Bertz CT molecular complexity index is 612. The van der Waals surface area contributed by atoms with E-state index in [1.165, 1.54) is 12.1 Å². The van der Waals surface area contributed by atoms with E-state index >= 15 is 0 Å². The largest absolute Gasteiger partial charge is 0.396 e. The topological polar surface area (TPSA) is 75.4 Å². The van der Waals surface area contributed by atoms with Gasteiger partial charge in [-0.2, -0.15) is 0 Å². The normalized spacial score (nSPS) is 12.1. The molecule has 0 saturated heterocycles. The summed E-state index contributed by atoms with van der Waals surface area (Å²) < 4.78 is 18.6. The van der Waals surface area contributed by atoms with Crippen LogP contribution in [0.25, 0.3) is 11.3 Å². The van der Waals surface area contributed by atoms with Crippen molar-refractivity contribution in [2.45, 2.75) is 13.3 Å². The van der Waals surface area contributed by atoms with Crippen molar-refractivity contribution in [1.82, 2.24) is 10.5 Å². The molecule has 0 aliphatic carbocycles. The molecule has 0 radical (unpaired) electrons. The van der Waals surface area contributed by atoms with E-state index in [-0.39, 0.29) is 35.4 Å². The number of carbonyl (C=O) groups is 1. The first-order valence-electron chi connectivity index (χ1n) is 6.72. The lowest BCUT2D eigenvalue weighted by Crippen LogP contribution is -2.28. The Morgan fingerprint density at radius 3 is 2.95 bits per heavy atom. The van der Waals surface area contributed by atoms with Gasteiger partial charge in [0, 0.05) is 19.2 Å². The maximum Gasteiger partial charge on any atom is 0.273 e. The van der Waals surface area contributed by atoms with E-state index in [0.29, 0.717) is 13.0 Å². The van der Waals surface area contributed by atoms with Crippen LogP contribution in [0.2, 0.25) is 0 Å². The number of hydrogen-bond donors (Lipinski definition) is 2. The van der Waals surface area contributed by atoms with Gasteiger partial charge in [0.25, 0.3) is 5.91 Å². The summed E-state index contributed by atoms with van der Waals surface area (Å²) in [7, 11) is 0. The molecule has 1 aromatic heterocycles. The predicted octanol–water partition coefficient (Wildman–Crippen LogP) is 2.23. The summed E-state index contributed by atoms with van der Waals surface area (Å²) >= 11 is 0. The maximum atomic E-state index is 13.6. The van der Waals surface area contributed by atoms with Crippen molar-refractivity contribution in [3.8, 4) is 11.3 Å². The Balaban J connectivity index is 2.03. The summed E-state index contributed by atoms with van der Waals surface area (Å²) in [4.78, 5) is 11.9. The molecule has 2 N–H and O–H groups in total. The highest BCUT2D eigenvalue weighted by molar-refractivity contribution is 5.93. The second-order valence-corrected chi connectivity index (χ2v) is 4.88. The van der Waals surface area contributed by atoms with Gasteiger partial charge in [0.05, 0.1) is 5.56 Å². The second-order valence-electron chi connectivity index (χ2n) is 4.88. The van der Waals surface area contributed by atoms with E-state index in [1.54, 1.807) is 18.2 Å². The van der Waals surface area contributed by atoms with Crippen molar-refractivity contribution in [1.29, 1.82) is 0 Å². The summed E-state index contributed by atoms with van der Waals surface area (Å²) in [6.45, 7) is 2.43. The van der Waals surface area contributed by atoms with Gasteiger partial charge in [-0.3, -0.25) is 4.79 Å². The summed E-state index contributed by atoms with van der Waals surface area (Å²) in [6.07, 6.45) is 0.611. The minimum Gasteiger partial charge on any atom is -0.396 e. The van der Waals surface area contributed by atoms with Crippen LogP contribution in [-0.2, 0) is 0 Å². The molecule has 2 rings (SSSR count). The van der Waals surface area contributed by atoms with E-state index in [0.717, 1.165) is 0 Å². The third kappa shape index (κ3) is 3.88. The molecule has 1 atom stereocenters. The first kappa shape index (κ1) is 15.2. The van der Waals surface area contributed by atoms with E-state index in [2.05, 4.69) is 10.5 Å². The zero-order chi connectivity index (χ0) is 15.2. The number of rotatable bonds is 6. The van der Waals surface area contributed by atoms with Gasteiger partial charge < -0.3 is 14.9 Å². The fourth-order valence-electron chi connectivity index (χ4n) is 1.85. The molecule has 1 heterocycles. The van der Waals surface area contributed by atoms with Crippen LogP contribution < -0.4 is 5.32 Å². The number of aliphatic hydroxyl groups excluding tert-OH is 1. The number of aromatic nitrogens is 1. The number of halogens is 1. The number of carbonyl (C=O) groups excluding carboxylic acids is 1. The molecular formula is C15H17FN2O3. The Morgan fingerprint density at radius 2 is 2.24 bits per heavy atom. The molecule has 5 nitrogen and oxygen atoms in total. The van der Waals surface area contributed by atoms with E-state index < -0.39 is 5.82 Å². The van der Waals surface area contributed by atoms with Gasteiger partial charge in [0.1, 0.15) is 5.82 Å². The number of nitrogens with zero attached hydrogens (tertiary/aromatic N) is 1. The summed E-state index contributed by atoms with van der Waals surface area (Å²) in [6, 6.07) is 7.53. The zero-order valence-electron chi connectivity index (χ0n) is 11.7. The SMILES string of the molecule is CC(CCO)CNC(=O)c1cc(-c2ccccc2F)on1. The van der Waals surface area contributed by atoms with Gasteiger partial charge in [-0.15, -0.1) is 0 Å². The molecule has 2 aromatic rings. The summed E-state index contributed by atoms with van der Waals surface area (Å²) in [5, 5.41) is 15.1. The predicted molar refractivity (Wildman–Crippen MR) is 75.1 cm³/mol. The first-order chi connectivity index (χ1) is 10.1. The first-order valence-corrected chi connectivity index (χ1v) is 6.72. The highest BCUT2D eigenvalue weighted by Crippen LogP contribution is 2.23. The molecule has 1 aromatic carbocycles. The summed E-state index contributed by atoms with van der Waals surface area (Å²) in [5.74, 6) is -0.443. The van der Waals surface area contributed by atoms with Crippen LogP contribution in [0.3, 0.4) is 0 Å². The molecule has 0 saturated carbocycles. The molecule has 0 bridgehead atoms. The average molecular weight is 292 g/mol. The minimum absolute atomic E-state index is 0.0818. The fraction of sp³-hybridized carbons (Fsp3) is 0.333. The lowest BCUT2D eigenvalue weighted by atomic mass is 10.1. The fourth-order valence-corrected chi connectivity index (χ4v) is 1.85. The molecule has 0 spiro atoms. The number of nitrogens with one attached hydrogen (secondary N) is 1. The van der Waals surface area contributed by atoms with Crippen LogP contribution >= 0.6 is 0 Å². The Morgan fingerprint density at radius 1 is 1.48 bits per heavy atom. The van der Waals surface area contributed by atoms with Crippen molar-refractivity contribution in [3.63, 3.8) is 0 Å². The molecule has 6 heteroatoms. The van der Waals surface area contributed by atoms with Gasteiger partial charge in [-0.05, 0) is 24.5 Å². The van der Waals surface area contributed by atoms with Gasteiger partial charge in [0.15, 0.2) is 11.5 Å². The van der Waals surface area contributed by atoms with Crippen LogP contribution in [0, 0.1) is 11.7 Å². The smallest absolute Gasteiger partial charge is 0.273 e. The monoisotopic (exact) mass is 292 g/mol. The van der Waals surface area contributed by atoms with Crippen LogP contribution in [0.4, 0.5) is 4.39 Å². The Labute approximate surface area is 121 Å². The van der Waals surface area contributed by atoms with E-state index in [1.807, 2.05) is 6.92 Å². The van der Waals surface area contributed by atoms with Crippen LogP contribution in [0.1, 0.15) is 23.8 Å². The highest BCUT2D eigenvalue weighted by Gasteiger charge is 2.16. The molecule has 0 aliphatic rings. The number of amides is 1. The van der Waals surface area contributed by atoms with Gasteiger partial charge >= 0.3 is 0 Å². The molecule has 21 heavy (non-hydrogen) atoms. The molecule has 1 amide bonds. The lowest BCUT2D eigenvalue weighted by molar-refractivity contribution is 0.0936. The minimum atomic E-state index is -0.433. The van der Waals surface area contributed by atoms with Gasteiger partial charge in [-0.1, -0.05) is 24.2 Å². The van der Waals surface area contributed by atoms with E-state index in [4.69, 9.17) is 9.63 Å². The van der Waals surface area contributed by atoms with Crippen molar-refractivity contribution in [2.24, 2.45) is 5.92 Å². The van der Waals surface area contributed by atoms with Gasteiger partial charge in [0.2, 0.25) is 0 Å². The molecule has 1 unspecified atom stereocenters. The Hall–Kier alpha value is -2.21. The Kier molecular flexibility index (Phi) is 5.05.